The van der Waals surface area contributed by atoms with Gasteiger partial charge in [-0.05, 0) is 70.1 Å². The first-order valence-electron chi connectivity index (χ1n) is 13.2. The number of benzene rings is 1. The third-order valence-electron chi connectivity index (χ3n) is 7.19. The topological polar surface area (TPSA) is 132 Å². The van der Waals surface area contributed by atoms with Gasteiger partial charge in [0.25, 0.3) is 0 Å². The van der Waals surface area contributed by atoms with Crippen LogP contribution in [0.1, 0.15) is 76.8 Å². The first-order chi connectivity index (χ1) is 17.9. The van der Waals surface area contributed by atoms with E-state index in [1.54, 1.807) is 32.4 Å². The second-order valence-corrected chi connectivity index (χ2v) is 11.1. The molecule has 0 aliphatic carbocycles. The lowest BCUT2D eigenvalue weighted by Crippen LogP contribution is -2.44. The summed E-state index contributed by atoms with van der Waals surface area (Å²) in [5.74, 6) is -0.429. The molecule has 11 heteroatoms. The second-order valence-electron chi connectivity index (χ2n) is 11.1. The number of ether oxygens (including phenoxy) is 1. The van der Waals surface area contributed by atoms with Gasteiger partial charge in [-0.1, -0.05) is 6.07 Å². The van der Waals surface area contributed by atoms with Crippen molar-refractivity contribution in [1.82, 2.24) is 24.7 Å². The summed E-state index contributed by atoms with van der Waals surface area (Å²) in [4.78, 5) is 63.2. The number of imidazole rings is 1. The largest absolute Gasteiger partial charge is 0.444 e. The number of nitrogens with zero attached hydrogens (tertiary/aromatic N) is 3. The highest BCUT2D eigenvalue weighted by Gasteiger charge is 2.32. The molecular formula is C27H37N5O6. The highest BCUT2D eigenvalue weighted by atomic mass is 16.6. The van der Waals surface area contributed by atoms with Gasteiger partial charge in [-0.2, -0.15) is 0 Å². The lowest BCUT2D eigenvalue weighted by Gasteiger charge is -2.32. The Bertz CT molecular complexity index is 1300. The number of fused-ring (bicyclic) bond motifs is 1. The van der Waals surface area contributed by atoms with E-state index >= 15 is 0 Å². The number of alkyl carbamates (subject to hydrolysis) is 1. The van der Waals surface area contributed by atoms with Crippen molar-refractivity contribution in [2.75, 3.05) is 19.6 Å². The first kappa shape index (κ1) is 27.4. The average Bonchev–Trinajstić information content (AvgIpc) is 3.10. The summed E-state index contributed by atoms with van der Waals surface area (Å²) < 4.78 is 8.23. The minimum atomic E-state index is -0.705. The zero-order valence-electron chi connectivity index (χ0n) is 22.5. The van der Waals surface area contributed by atoms with Crippen LogP contribution in [0.2, 0.25) is 0 Å². The normalized spacial score (nSPS) is 18.9. The molecule has 206 valence electrons. The van der Waals surface area contributed by atoms with Crippen LogP contribution in [0.5, 0.6) is 0 Å². The molecule has 0 spiro atoms. The van der Waals surface area contributed by atoms with Crippen LogP contribution in [0.15, 0.2) is 23.0 Å². The van der Waals surface area contributed by atoms with Gasteiger partial charge < -0.3 is 15.0 Å². The summed E-state index contributed by atoms with van der Waals surface area (Å²) >= 11 is 0. The monoisotopic (exact) mass is 527 g/mol. The number of hydrogen-bond acceptors (Lipinski definition) is 6. The maximum Gasteiger partial charge on any atom is 0.407 e. The molecule has 1 aromatic heterocycles. The van der Waals surface area contributed by atoms with Crippen LogP contribution in [0.3, 0.4) is 0 Å². The van der Waals surface area contributed by atoms with Crippen LogP contribution >= 0.6 is 0 Å². The zero-order valence-corrected chi connectivity index (χ0v) is 22.5. The number of likely N-dealkylation sites (tertiary alicyclic amines) is 1. The molecule has 2 aliphatic heterocycles. The summed E-state index contributed by atoms with van der Waals surface area (Å²) in [7, 11) is 1.69. The van der Waals surface area contributed by atoms with Crippen molar-refractivity contribution < 1.29 is 23.9 Å². The molecule has 2 aliphatic rings. The molecule has 4 amide bonds. The van der Waals surface area contributed by atoms with E-state index in [4.69, 9.17) is 4.74 Å². The van der Waals surface area contributed by atoms with Gasteiger partial charge in [0, 0.05) is 39.5 Å². The zero-order chi connectivity index (χ0) is 27.6. The summed E-state index contributed by atoms with van der Waals surface area (Å²) in [6, 6.07) is 5.17. The maximum atomic E-state index is 13.0. The van der Waals surface area contributed by atoms with Crippen molar-refractivity contribution in [3.63, 3.8) is 0 Å². The van der Waals surface area contributed by atoms with Gasteiger partial charge in [0.1, 0.15) is 11.6 Å². The van der Waals surface area contributed by atoms with Gasteiger partial charge in [0.15, 0.2) is 0 Å². The number of hydrogen-bond donors (Lipinski definition) is 2. The SMILES string of the molecule is Cn1c(=O)n(C2CCC(=O)NC2=O)c2ccc(C3CCN(C(=O)CCCNC(=O)OC(C)(C)C)CC3)cc21. The number of aromatic nitrogens is 2. The third-order valence-corrected chi connectivity index (χ3v) is 7.19. The number of nitrogens with one attached hydrogen (secondary N) is 2. The highest BCUT2D eigenvalue weighted by molar-refractivity contribution is 6.00. The van der Waals surface area contributed by atoms with Gasteiger partial charge in [0.05, 0.1) is 11.0 Å². The van der Waals surface area contributed by atoms with Crippen molar-refractivity contribution >= 4 is 34.8 Å². The molecule has 0 saturated carbocycles. The molecule has 2 N–H and O–H groups in total. The van der Waals surface area contributed by atoms with E-state index in [1.165, 1.54) is 4.57 Å². The molecule has 1 aromatic carbocycles. The molecule has 2 saturated heterocycles. The van der Waals surface area contributed by atoms with Crippen molar-refractivity contribution in [2.24, 2.45) is 7.05 Å². The number of rotatable bonds is 6. The lowest BCUT2D eigenvalue weighted by atomic mass is 9.89. The van der Waals surface area contributed by atoms with Crippen LogP contribution in [-0.4, -0.2) is 63.1 Å². The molecular weight excluding hydrogens is 490 g/mol. The van der Waals surface area contributed by atoms with Crippen molar-refractivity contribution in [2.45, 2.75) is 76.9 Å². The Morgan fingerprint density at radius 2 is 1.79 bits per heavy atom. The summed E-state index contributed by atoms with van der Waals surface area (Å²) in [5, 5.41) is 5.01. The standard InChI is InChI=1S/C27H37N5O6/c1-27(2,3)38-25(36)28-13-5-6-23(34)31-14-11-17(12-15-31)18-7-8-19-21(16-18)30(4)26(37)32(19)20-9-10-22(33)29-24(20)35/h7-8,16-17,20H,5-6,9-15H2,1-4H3,(H,28,36)(H,29,33,35). The van der Waals surface area contributed by atoms with E-state index in [0.29, 0.717) is 44.4 Å². The van der Waals surface area contributed by atoms with Crippen molar-refractivity contribution in [3.05, 3.63) is 34.2 Å². The fourth-order valence-electron chi connectivity index (χ4n) is 5.23. The summed E-state index contributed by atoms with van der Waals surface area (Å²) in [6.45, 7) is 7.09. The molecule has 11 nitrogen and oxygen atoms in total. The molecule has 2 aromatic rings. The van der Waals surface area contributed by atoms with Crippen LogP contribution < -0.4 is 16.3 Å². The smallest absolute Gasteiger partial charge is 0.407 e. The molecule has 0 bridgehead atoms. The number of carbonyl (C=O) groups is 4. The molecule has 0 radical (unpaired) electrons. The predicted octanol–water partition coefficient (Wildman–Crippen LogP) is 2.33. The van der Waals surface area contributed by atoms with Gasteiger partial charge in [-0.15, -0.1) is 0 Å². The van der Waals surface area contributed by atoms with Gasteiger partial charge in [-0.25, -0.2) is 9.59 Å². The molecule has 3 heterocycles. The number of piperidine rings is 2. The third kappa shape index (κ3) is 6.08. The Morgan fingerprint density at radius 3 is 2.45 bits per heavy atom. The Balaban J connectivity index is 1.33. The number of carbonyl (C=O) groups excluding carboxylic acids is 4. The lowest BCUT2D eigenvalue weighted by molar-refractivity contribution is -0.136. The minimum absolute atomic E-state index is 0.0774. The van der Waals surface area contributed by atoms with Crippen LogP contribution in [0.4, 0.5) is 4.79 Å². The first-order valence-corrected chi connectivity index (χ1v) is 13.2. The predicted molar refractivity (Wildman–Crippen MR) is 141 cm³/mol. The summed E-state index contributed by atoms with van der Waals surface area (Å²) in [5.41, 5.74) is 1.67. The Hall–Kier alpha value is -3.63. The average molecular weight is 528 g/mol. The number of imide groups is 1. The van der Waals surface area contributed by atoms with Crippen LogP contribution in [-0.2, 0) is 26.2 Å². The van der Waals surface area contributed by atoms with E-state index in [0.717, 1.165) is 23.9 Å². The minimum Gasteiger partial charge on any atom is -0.444 e. The number of amides is 4. The highest BCUT2D eigenvalue weighted by Crippen LogP contribution is 2.31. The van der Waals surface area contributed by atoms with Crippen molar-refractivity contribution in [1.29, 1.82) is 0 Å². The fraction of sp³-hybridized carbons (Fsp3) is 0.593. The van der Waals surface area contributed by atoms with Gasteiger partial charge in [0.2, 0.25) is 17.7 Å². The second kappa shape index (κ2) is 11.0. The number of aryl methyl sites for hydroxylation is 1. The van der Waals surface area contributed by atoms with Gasteiger partial charge >= 0.3 is 11.8 Å². The van der Waals surface area contributed by atoms with E-state index in [-0.39, 0.29) is 29.8 Å². The molecule has 1 atom stereocenters. The Labute approximate surface area is 221 Å². The van der Waals surface area contributed by atoms with E-state index < -0.39 is 23.6 Å². The van der Waals surface area contributed by atoms with Crippen molar-refractivity contribution in [3.8, 4) is 0 Å². The Kier molecular flexibility index (Phi) is 7.94. The molecule has 2 fully saturated rings. The summed E-state index contributed by atoms with van der Waals surface area (Å²) in [6.07, 6.45) is 2.57. The molecule has 1 unspecified atom stereocenters. The van der Waals surface area contributed by atoms with E-state index in [9.17, 15) is 24.0 Å². The maximum absolute atomic E-state index is 13.0. The fourth-order valence-corrected chi connectivity index (χ4v) is 5.23. The van der Waals surface area contributed by atoms with Crippen LogP contribution in [0, 0.1) is 0 Å². The quantitative estimate of drug-likeness (QED) is 0.438. The van der Waals surface area contributed by atoms with Crippen LogP contribution in [0.25, 0.3) is 11.0 Å². The van der Waals surface area contributed by atoms with E-state index in [1.807, 2.05) is 23.1 Å². The molecule has 4 rings (SSSR count). The van der Waals surface area contributed by atoms with Gasteiger partial charge in [-0.3, -0.25) is 28.8 Å². The van der Waals surface area contributed by atoms with E-state index in [2.05, 4.69) is 10.6 Å². The Morgan fingerprint density at radius 1 is 1.08 bits per heavy atom. The molecule has 38 heavy (non-hydrogen) atoms.